The Labute approximate surface area is 120 Å². The summed E-state index contributed by atoms with van der Waals surface area (Å²) in [5.74, 6) is 1.27. The quantitative estimate of drug-likeness (QED) is 0.683. The van der Waals surface area contributed by atoms with Gasteiger partial charge in [0.15, 0.2) is 5.75 Å². The van der Waals surface area contributed by atoms with E-state index < -0.39 is 0 Å². The summed E-state index contributed by atoms with van der Waals surface area (Å²) in [6.07, 6.45) is 6.23. The summed E-state index contributed by atoms with van der Waals surface area (Å²) in [4.78, 5) is 4.17. The zero-order chi connectivity index (χ0) is 14.0. The highest BCUT2D eigenvalue weighted by atomic mass is 16.5. The Morgan fingerprint density at radius 2 is 1.80 bits per heavy atom. The van der Waals surface area contributed by atoms with E-state index in [0.29, 0.717) is 18.2 Å². The van der Waals surface area contributed by atoms with Gasteiger partial charge in [-0.05, 0) is 43.4 Å². The summed E-state index contributed by atoms with van der Waals surface area (Å²) >= 11 is 0. The van der Waals surface area contributed by atoms with Crippen molar-refractivity contribution in [2.75, 3.05) is 13.7 Å². The van der Waals surface area contributed by atoms with Crippen LogP contribution in [0.5, 0.6) is 11.6 Å². The second-order valence-electron chi connectivity index (χ2n) is 4.66. The summed E-state index contributed by atoms with van der Waals surface area (Å²) in [5, 5.41) is 0. The smallest absolute Gasteiger partial charge is 0.256 e. The first-order valence-electron chi connectivity index (χ1n) is 7.06. The van der Waals surface area contributed by atoms with Crippen molar-refractivity contribution in [2.24, 2.45) is 0 Å². The first kappa shape index (κ1) is 14.4. The minimum absolute atomic E-state index is 0.582. The number of benzene rings is 1. The largest absolute Gasteiger partial charge is 0.491 e. The van der Waals surface area contributed by atoms with Gasteiger partial charge >= 0.3 is 0 Å². The molecule has 0 aliphatic carbocycles. The predicted octanol–water partition coefficient (Wildman–Crippen LogP) is 3.88. The number of pyridine rings is 1. The number of nitrogens with zero attached hydrogens (tertiary/aromatic N) is 1. The average Bonchev–Trinajstić information content (AvgIpc) is 2.52. The molecule has 2 aromatic rings. The van der Waals surface area contributed by atoms with Gasteiger partial charge in [0, 0.05) is 6.20 Å². The van der Waals surface area contributed by atoms with Crippen molar-refractivity contribution in [1.29, 1.82) is 0 Å². The molecule has 0 saturated heterocycles. The number of aryl methyl sites for hydroxylation is 1. The van der Waals surface area contributed by atoms with E-state index in [4.69, 9.17) is 9.47 Å². The molecule has 0 aliphatic heterocycles. The number of methoxy groups -OCH3 is 1. The third-order valence-corrected chi connectivity index (χ3v) is 3.15. The number of unbranched alkanes of at least 4 members (excludes halogenated alkanes) is 2. The highest BCUT2D eigenvalue weighted by Crippen LogP contribution is 2.22. The van der Waals surface area contributed by atoms with Crippen molar-refractivity contribution in [1.82, 2.24) is 4.98 Å². The number of hydrogen-bond acceptors (Lipinski definition) is 3. The lowest BCUT2D eigenvalue weighted by atomic mass is 10.1. The molecular formula is C17H21NO2. The van der Waals surface area contributed by atoms with Crippen LogP contribution in [0.2, 0.25) is 0 Å². The molecule has 0 unspecified atom stereocenters. The number of aromatic nitrogens is 1. The fourth-order valence-corrected chi connectivity index (χ4v) is 2.06. The van der Waals surface area contributed by atoms with Crippen molar-refractivity contribution in [3.63, 3.8) is 0 Å². The second-order valence-corrected chi connectivity index (χ2v) is 4.66. The third kappa shape index (κ3) is 4.57. The van der Waals surface area contributed by atoms with E-state index in [-0.39, 0.29) is 0 Å². The molecule has 3 heteroatoms. The van der Waals surface area contributed by atoms with E-state index in [1.807, 2.05) is 12.1 Å². The summed E-state index contributed by atoms with van der Waals surface area (Å²) in [6.45, 7) is 0.683. The van der Waals surface area contributed by atoms with Crippen molar-refractivity contribution < 1.29 is 9.47 Å². The van der Waals surface area contributed by atoms with Crippen LogP contribution in [0.3, 0.4) is 0 Å². The summed E-state index contributed by atoms with van der Waals surface area (Å²) < 4.78 is 10.8. The Hall–Kier alpha value is -2.03. The molecule has 0 fully saturated rings. The van der Waals surface area contributed by atoms with E-state index in [9.17, 15) is 0 Å². The maximum Gasteiger partial charge on any atom is 0.256 e. The van der Waals surface area contributed by atoms with Gasteiger partial charge in [0.2, 0.25) is 0 Å². The molecule has 0 aliphatic rings. The van der Waals surface area contributed by atoms with E-state index in [1.165, 1.54) is 12.0 Å². The van der Waals surface area contributed by atoms with Gasteiger partial charge in [-0.1, -0.05) is 30.3 Å². The molecule has 1 heterocycles. The van der Waals surface area contributed by atoms with Crippen LogP contribution in [0.4, 0.5) is 0 Å². The van der Waals surface area contributed by atoms with Crippen LogP contribution in [-0.4, -0.2) is 18.7 Å². The zero-order valence-corrected chi connectivity index (χ0v) is 11.9. The number of ether oxygens (including phenoxy) is 2. The Morgan fingerprint density at radius 1 is 0.950 bits per heavy atom. The molecule has 0 N–H and O–H groups in total. The monoisotopic (exact) mass is 271 g/mol. The van der Waals surface area contributed by atoms with Crippen LogP contribution >= 0.6 is 0 Å². The fourth-order valence-electron chi connectivity index (χ4n) is 2.06. The molecule has 3 nitrogen and oxygen atoms in total. The van der Waals surface area contributed by atoms with E-state index >= 15 is 0 Å². The first-order chi connectivity index (χ1) is 9.90. The second kappa shape index (κ2) is 8.20. The molecule has 0 atom stereocenters. The van der Waals surface area contributed by atoms with E-state index in [2.05, 4.69) is 35.3 Å². The standard InChI is InChI=1S/C17H21NO2/c1-19-16-12-8-13-18-17(16)20-14-7-3-6-11-15-9-4-2-5-10-15/h2,4-5,8-10,12-13H,3,6-7,11,14H2,1H3. The lowest BCUT2D eigenvalue weighted by molar-refractivity contribution is 0.274. The van der Waals surface area contributed by atoms with Gasteiger partial charge < -0.3 is 9.47 Å². The maximum absolute atomic E-state index is 5.64. The molecule has 20 heavy (non-hydrogen) atoms. The van der Waals surface area contributed by atoms with Crippen LogP contribution in [-0.2, 0) is 6.42 Å². The Balaban J connectivity index is 1.62. The Morgan fingerprint density at radius 3 is 2.60 bits per heavy atom. The molecule has 0 bridgehead atoms. The molecule has 0 saturated carbocycles. The topological polar surface area (TPSA) is 31.4 Å². The molecule has 0 spiro atoms. The summed E-state index contributed by atoms with van der Waals surface area (Å²) in [7, 11) is 1.63. The average molecular weight is 271 g/mol. The molecule has 106 valence electrons. The van der Waals surface area contributed by atoms with Crippen LogP contribution in [0.25, 0.3) is 0 Å². The molecule has 0 radical (unpaired) electrons. The Bertz CT molecular complexity index is 499. The van der Waals surface area contributed by atoms with Crippen molar-refractivity contribution in [3.8, 4) is 11.6 Å². The van der Waals surface area contributed by atoms with Crippen LogP contribution in [0.1, 0.15) is 24.8 Å². The number of rotatable bonds is 8. The van der Waals surface area contributed by atoms with Crippen molar-refractivity contribution in [3.05, 3.63) is 54.2 Å². The molecule has 1 aromatic heterocycles. The minimum atomic E-state index is 0.582. The molecule has 2 rings (SSSR count). The van der Waals surface area contributed by atoms with Gasteiger partial charge in [0.05, 0.1) is 13.7 Å². The minimum Gasteiger partial charge on any atom is -0.491 e. The molecule has 1 aromatic carbocycles. The van der Waals surface area contributed by atoms with Crippen molar-refractivity contribution >= 4 is 0 Å². The van der Waals surface area contributed by atoms with Crippen LogP contribution < -0.4 is 9.47 Å². The van der Waals surface area contributed by atoms with Crippen LogP contribution in [0.15, 0.2) is 48.7 Å². The SMILES string of the molecule is COc1cccnc1OCCCCCc1ccccc1. The lowest BCUT2D eigenvalue weighted by Crippen LogP contribution is -2.01. The normalized spacial score (nSPS) is 10.2. The summed E-state index contributed by atoms with van der Waals surface area (Å²) in [5.41, 5.74) is 1.40. The Kier molecular flexibility index (Phi) is 5.90. The zero-order valence-electron chi connectivity index (χ0n) is 11.9. The number of hydrogen-bond donors (Lipinski definition) is 0. The molecule has 0 amide bonds. The fraction of sp³-hybridized carbons (Fsp3) is 0.353. The van der Waals surface area contributed by atoms with Gasteiger partial charge in [-0.2, -0.15) is 0 Å². The van der Waals surface area contributed by atoms with Crippen molar-refractivity contribution in [2.45, 2.75) is 25.7 Å². The third-order valence-electron chi connectivity index (χ3n) is 3.15. The van der Waals surface area contributed by atoms with Gasteiger partial charge in [-0.25, -0.2) is 4.98 Å². The van der Waals surface area contributed by atoms with Gasteiger partial charge in [0.1, 0.15) is 0 Å². The highest BCUT2D eigenvalue weighted by Gasteiger charge is 2.03. The van der Waals surface area contributed by atoms with Gasteiger partial charge in [-0.15, -0.1) is 0 Å². The van der Waals surface area contributed by atoms with E-state index in [1.54, 1.807) is 13.3 Å². The first-order valence-corrected chi connectivity index (χ1v) is 7.06. The van der Waals surface area contributed by atoms with E-state index in [0.717, 1.165) is 19.3 Å². The van der Waals surface area contributed by atoms with Gasteiger partial charge in [-0.3, -0.25) is 0 Å². The highest BCUT2D eigenvalue weighted by molar-refractivity contribution is 5.32. The van der Waals surface area contributed by atoms with Gasteiger partial charge in [0.25, 0.3) is 5.88 Å². The maximum atomic E-state index is 5.64. The molecular weight excluding hydrogens is 250 g/mol. The lowest BCUT2D eigenvalue weighted by Gasteiger charge is -2.08. The predicted molar refractivity (Wildman–Crippen MR) is 80.3 cm³/mol. The van der Waals surface area contributed by atoms with Crippen LogP contribution in [0, 0.1) is 0 Å². The summed E-state index contributed by atoms with van der Waals surface area (Å²) in [6, 6.07) is 14.3.